The molecule has 0 aromatic carbocycles. The minimum atomic E-state index is -1.37. The number of carbonyl (C=O) groups is 9. The summed E-state index contributed by atoms with van der Waals surface area (Å²) in [6.07, 6.45) is 2.95. The Balaban J connectivity index is 7.20. The Labute approximate surface area is 495 Å². The van der Waals surface area contributed by atoms with Gasteiger partial charge >= 0.3 is 5.97 Å². The van der Waals surface area contributed by atoms with Crippen molar-refractivity contribution in [2.75, 3.05) is 32.7 Å². The van der Waals surface area contributed by atoms with Crippen LogP contribution >= 0.6 is 0 Å². The molecule has 0 heterocycles. The average Bonchev–Trinajstić information content (AvgIpc) is 3.59. The van der Waals surface area contributed by atoms with Crippen LogP contribution < -0.4 is 94.1 Å². The number of nitrogens with zero attached hydrogens (tertiary/aromatic N) is 3. The van der Waals surface area contributed by atoms with Gasteiger partial charge in [-0.15, -0.1) is 0 Å². The van der Waals surface area contributed by atoms with Crippen LogP contribution in [0.3, 0.4) is 0 Å². The summed E-state index contributed by atoms with van der Waals surface area (Å²) < 4.78 is 0. The zero-order chi connectivity index (χ0) is 64.1. The quantitative estimate of drug-likeness (QED) is 0.0163. The van der Waals surface area contributed by atoms with E-state index in [1.165, 1.54) is 0 Å². The predicted molar refractivity (Wildman–Crippen MR) is 324 cm³/mol. The average molecular weight is 1200 g/mol. The van der Waals surface area contributed by atoms with E-state index in [4.69, 9.17) is 51.6 Å². The number of aliphatic carboxylic acids is 1. The normalized spacial score (nSPS) is 14.5. The largest absolute Gasteiger partial charge is 0.480 e. The van der Waals surface area contributed by atoms with E-state index in [1.807, 2.05) is 41.5 Å². The minimum absolute atomic E-state index is 0.0193. The zero-order valence-electron chi connectivity index (χ0n) is 51.0. The highest BCUT2D eigenvalue weighted by Gasteiger charge is 2.35. The maximum absolute atomic E-state index is 14.6. The number of carbonyl (C=O) groups excluding carboxylic acids is 8. The molecule has 0 saturated carbocycles. The van der Waals surface area contributed by atoms with E-state index < -0.39 is 108 Å². The van der Waals surface area contributed by atoms with Gasteiger partial charge < -0.3 is 99.2 Å². The van der Waals surface area contributed by atoms with Crippen molar-refractivity contribution in [1.82, 2.24) is 42.5 Å². The van der Waals surface area contributed by atoms with Crippen molar-refractivity contribution in [3.63, 3.8) is 0 Å². The number of nitrogens with two attached hydrogens (primary N) is 9. The summed E-state index contributed by atoms with van der Waals surface area (Å²) in [7, 11) is 0. The molecule has 9 atom stereocenters. The third-order valence-electron chi connectivity index (χ3n) is 13.0. The van der Waals surface area contributed by atoms with Gasteiger partial charge in [0.2, 0.25) is 47.3 Å². The molecule has 0 aliphatic heterocycles. The smallest absolute Gasteiger partial charge is 0.326 e. The lowest BCUT2D eigenvalue weighted by Crippen LogP contribution is -2.60. The summed E-state index contributed by atoms with van der Waals surface area (Å²) in [5.41, 5.74) is 51.0. The Hall–Kier alpha value is -7.08. The van der Waals surface area contributed by atoms with E-state index in [-0.39, 0.29) is 145 Å². The van der Waals surface area contributed by atoms with Crippen molar-refractivity contribution in [2.45, 2.75) is 212 Å². The fourth-order valence-corrected chi connectivity index (χ4v) is 8.74. The third kappa shape index (κ3) is 35.1. The Morgan fingerprint density at radius 3 is 0.810 bits per heavy atom. The van der Waals surface area contributed by atoms with Crippen molar-refractivity contribution in [1.29, 1.82) is 0 Å². The van der Waals surface area contributed by atoms with Gasteiger partial charge in [0.25, 0.3) is 0 Å². The van der Waals surface area contributed by atoms with Gasteiger partial charge in [0.15, 0.2) is 17.9 Å². The molecule has 0 spiro atoms. The molecule has 27 N–H and O–H groups in total. The molecule has 482 valence electrons. The van der Waals surface area contributed by atoms with Gasteiger partial charge in [-0.05, 0) is 139 Å². The van der Waals surface area contributed by atoms with Crippen LogP contribution in [0.4, 0.5) is 0 Å². The van der Waals surface area contributed by atoms with Crippen LogP contribution in [-0.2, 0) is 43.2 Å². The van der Waals surface area contributed by atoms with Gasteiger partial charge in [0.1, 0.15) is 48.3 Å². The Morgan fingerprint density at radius 1 is 0.333 bits per heavy atom. The number of carboxylic acid groups (broad SMARTS) is 1. The van der Waals surface area contributed by atoms with E-state index in [0.29, 0.717) is 32.1 Å². The first-order valence-corrected chi connectivity index (χ1v) is 29.4. The number of guanidine groups is 3. The molecule has 0 saturated heterocycles. The molecule has 30 nitrogen and oxygen atoms in total. The van der Waals surface area contributed by atoms with Crippen LogP contribution in [0.1, 0.15) is 158 Å². The molecule has 8 amide bonds. The highest BCUT2D eigenvalue weighted by atomic mass is 16.4. The summed E-state index contributed by atoms with van der Waals surface area (Å²) in [6, 6.07) is -11.1. The molecule has 0 radical (unpaired) electrons. The van der Waals surface area contributed by atoms with Crippen LogP contribution in [-0.4, -0.2) is 163 Å². The lowest BCUT2D eigenvalue weighted by Gasteiger charge is -2.29. The monoisotopic (exact) mass is 1190 g/mol. The molecular weight excluding hydrogens is 1090 g/mol. The fraction of sp³-hybridized carbons (Fsp3) is 0.778. The second kappa shape index (κ2) is 42.7. The van der Waals surface area contributed by atoms with Gasteiger partial charge in [-0.25, -0.2) is 4.79 Å². The summed E-state index contributed by atoms with van der Waals surface area (Å²) in [4.78, 5) is 137. The number of carboxylic acids is 1. The van der Waals surface area contributed by atoms with E-state index in [9.17, 15) is 48.3 Å². The highest BCUT2D eigenvalue weighted by Crippen LogP contribution is 2.14. The number of hydrogen-bond donors (Lipinski definition) is 18. The van der Waals surface area contributed by atoms with Gasteiger partial charge in [-0.2, -0.15) is 0 Å². The standard InChI is InChI=1S/C54H106N20O10/c1-30(2)26-34(57)43(75)67-37(18-13-23-64-52(58)59)45(77)69-36(17-10-12-22-56)47(79)72-40(27-31(3)4)49(81)71-38(19-14-24-65-53(60)61)46(78)68-35(16-9-11-21-55)44(76)70-39(20-15-25-66-54(62)63)48(80)73-41(28-32(5)6)50(82)74-42(51(83)84)29-33(7)8/h30-42H,9-29,55-57H2,1-8H3,(H,67,75)(H,68,78)(H,69,77)(H,70,76)(H,71,81)(H,72,79)(H,73,80)(H,74,82)(H,83,84)(H4,58,59,64)(H4,60,61,65)(H4,62,63,66). The van der Waals surface area contributed by atoms with E-state index >= 15 is 0 Å². The molecule has 84 heavy (non-hydrogen) atoms. The minimum Gasteiger partial charge on any atom is -0.480 e. The van der Waals surface area contributed by atoms with Crippen LogP contribution in [0, 0.1) is 23.7 Å². The number of rotatable bonds is 45. The summed E-state index contributed by atoms with van der Waals surface area (Å²) in [6.45, 7) is 15.4. The molecule has 0 aromatic rings. The number of amides is 8. The maximum atomic E-state index is 14.6. The number of hydrogen-bond acceptors (Lipinski definition) is 15. The van der Waals surface area contributed by atoms with Crippen molar-refractivity contribution in [2.24, 2.45) is 90.3 Å². The lowest BCUT2D eigenvalue weighted by atomic mass is 9.99. The second-order valence-corrected chi connectivity index (χ2v) is 22.9. The fourth-order valence-electron chi connectivity index (χ4n) is 8.74. The van der Waals surface area contributed by atoms with Crippen LogP contribution in [0.15, 0.2) is 15.0 Å². The van der Waals surface area contributed by atoms with Crippen molar-refractivity contribution < 1.29 is 48.3 Å². The Bertz CT molecular complexity index is 2130. The first-order valence-electron chi connectivity index (χ1n) is 29.4. The SMILES string of the molecule is CC(C)CC(N)C(=O)NC(CCCN=C(N)N)C(=O)NC(CCCCN)C(=O)NC(CC(C)C)C(=O)NC(CCCN=C(N)N)C(=O)NC(CCCCN)C(=O)NC(CCCN=C(N)N)C(=O)NC(CC(C)C)C(=O)NC(CC(C)C)C(=O)O. The number of aliphatic imine (C=N–C) groups is 3. The Morgan fingerprint density at radius 2 is 0.560 bits per heavy atom. The molecule has 30 heteroatoms. The molecule has 0 fully saturated rings. The summed E-state index contributed by atoms with van der Waals surface area (Å²) in [5.74, 6) is -8.13. The second-order valence-electron chi connectivity index (χ2n) is 22.9. The number of nitrogens with one attached hydrogen (secondary N) is 8. The topological polar surface area (TPSA) is 541 Å². The first kappa shape index (κ1) is 76.9. The van der Waals surface area contributed by atoms with E-state index in [1.54, 1.807) is 13.8 Å². The molecule has 0 aliphatic rings. The number of unbranched alkanes of at least 4 members (excludes halogenated alkanes) is 2. The third-order valence-corrected chi connectivity index (χ3v) is 13.0. The lowest BCUT2D eigenvalue weighted by molar-refractivity contribution is -0.143. The Kier molecular flexibility index (Phi) is 39.1. The molecular formula is C54H106N20O10. The van der Waals surface area contributed by atoms with Crippen LogP contribution in [0.25, 0.3) is 0 Å². The van der Waals surface area contributed by atoms with Crippen LogP contribution in [0.5, 0.6) is 0 Å². The summed E-state index contributed by atoms with van der Waals surface area (Å²) in [5, 5.41) is 31.5. The first-order chi connectivity index (χ1) is 39.4. The van der Waals surface area contributed by atoms with E-state index in [2.05, 4.69) is 57.5 Å². The molecule has 0 rings (SSSR count). The van der Waals surface area contributed by atoms with Gasteiger partial charge in [-0.3, -0.25) is 53.3 Å². The van der Waals surface area contributed by atoms with Crippen molar-refractivity contribution in [3.05, 3.63) is 0 Å². The van der Waals surface area contributed by atoms with Gasteiger partial charge in [0.05, 0.1) is 6.04 Å². The van der Waals surface area contributed by atoms with E-state index in [0.717, 1.165) is 0 Å². The van der Waals surface area contributed by atoms with Gasteiger partial charge in [-0.1, -0.05) is 55.4 Å². The highest BCUT2D eigenvalue weighted by molar-refractivity contribution is 5.98. The van der Waals surface area contributed by atoms with Crippen molar-refractivity contribution in [3.8, 4) is 0 Å². The molecule has 0 aliphatic carbocycles. The molecule has 0 bridgehead atoms. The summed E-state index contributed by atoms with van der Waals surface area (Å²) >= 11 is 0. The predicted octanol–water partition coefficient (Wildman–Crippen LogP) is -3.12. The van der Waals surface area contributed by atoms with Crippen LogP contribution in [0.2, 0.25) is 0 Å². The van der Waals surface area contributed by atoms with Gasteiger partial charge in [0, 0.05) is 19.6 Å². The molecule has 0 aromatic heterocycles. The maximum Gasteiger partial charge on any atom is 0.326 e. The van der Waals surface area contributed by atoms with Crippen molar-refractivity contribution >= 4 is 71.1 Å². The zero-order valence-corrected chi connectivity index (χ0v) is 51.0. The molecule has 9 unspecified atom stereocenters.